The van der Waals surface area contributed by atoms with E-state index in [1.54, 1.807) is 53.7 Å². The number of aromatic amines is 2. The van der Waals surface area contributed by atoms with Gasteiger partial charge in [-0.25, -0.2) is 14.8 Å². The summed E-state index contributed by atoms with van der Waals surface area (Å²) in [5.74, 6) is 1.08. The maximum Gasteiger partial charge on any atom is 0.405 e. The van der Waals surface area contributed by atoms with E-state index in [1.165, 1.54) is 0 Å². The lowest BCUT2D eigenvalue weighted by Crippen LogP contribution is -2.42. The number of imidazole rings is 2. The van der Waals surface area contributed by atoms with Crippen LogP contribution in [-0.4, -0.2) is 70.8 Å². The van der Waals surface area contributed by atoms with Crippen molar-refractivity contribution in [2.45, 2.75) is 43.8 Å². The zero-order valence-electron chi connectivity index (χ0n) is 28.9. The molecule has 0 aliphatic carbocycles. The molecule has 0 spiro atoms. The molecule has 2 fully saturated rings. The number of rotatable bonds is 9. The quantitative estimate of drug-likeness (QED) is 0.124. The summed E-state index contributed by atoms with van der Waals surface area (Å²) >= 11 is 0. The Bertz CT molecular complexity index is 2220. The van der Waals surface area contributed by atoms with E-state index in [9.17, 15) is 19.5 Å². The van der Waals surface area contributed by atoms with Crippen molar-refractivity contribution in [2.75, 3.05) is 13.1 Å². The van der Waals surface area contributed by atoms with Crippen LogP contribution in [0.25, 0.3) is 33.6 Å². The zero-order chi connectivity index (χ0) is 36.3. The minimum Gasteiger partial charge on any atom is -0.465 e. The molecule has 3 aromatic carbocycles. The van der Waals surface area contributed by atoms with Gasteiger partial charge in [0.15, 0.2) is 0 Å². The number of benzene rings is 3. The number of amides is 3. The molecule has 0 radical (unpaired) electrons. The van der Waals surface area contributed by atoms with Gasteiger partial charge < -0.3 is 30.2 Å². The van der Waals surface area contributed by atoms with E-state index in [0.717, 1.165) is 65.1 Å². The second kappa shape index (κ2) is 14.6. The van der Waals surface area contributed by atoms with Crippen molar-refractivity contribution in [3.8, 4) is 33.6 Å². The highest BCUT2D eigenvalue weighted by molar-refractivity contribution is 5.92. The van der Waals surface area contributed by atoms with Crippen LogP contribution in [-0.2, 0) is 4.79 Å². The van der Waals surface area contributed by atoms with Crippen molar-refractivity contribution in [1.29, 1.82) is 0 Å². The fourth-order valence-electron chi connectivity index (χ4n) is 7.46. The molecule has 2 saturated heterocycles. The number of nitrogens with one attached hydrogen (secondary N) is 3. The molecule has 5 heterocycles. The van der Waals surface area contributed by atoms with Gasteiger partial charge in [-0.3, -0.25) is 14.6 Å². The summed E-state index contributed by atoms with van der Waals surface area (Å²) < 4.78 is 0. The summed E-state index contributed by atoms with van der Waals surface area (Å²) in [6.45, 7) is 1.20. The summed E-state index contributed by atoms with van der Waals surface area (Å²) in [5.41, 5.74) is 6.86. The van der Waals surface area contributed by atoms with Gasteiger partial charge in [0.2, 0.25) is 0 Å². The molecule has 2 aliphatic heterocycles. The number of hydrogen-bond donors (Lipinski definition) is 4. The summed E-state index contributed by atoms with van der Waals surface area (Å²) in [4.78, 5) is 62.5. The summed E-state index contributed by atoms with van der Waals surface area (Å²) in [6.07, 6.45) is 7.28. The van der Waals surface area contributed by atoms with Gasteiger partial charge in [-0.15, -0.1) is 0 Å². The molecule has 3 aromatic heterocycles. The van der Waals surface area contributed by atoms with Crippen molar-refractivity contribution < 1.29 is 19.5 Å². The molecule has 6 aromatic rings. The van der Waals surface area contributed by atoms with Crippen molar-refractivity contribution in [3.63, 3.8) is 0 Å². The smallest absolute Gasteiger partial charge is 0.405 e. The van der Waals surface area contributed by atoms with Gasteiger partial charge in [0, 0.05) is 19.3 Å². The van der Waals surface area contributed by atoms with E-state index in [0.29, 0.717) is 30.2 Å². The highest BCUT2D eigenvalue weighted by Gasteiger charge is 2.37. The zero-order valence-corrected chi connectivity index (χ0v) is 28.9. The van der Waals surface area contributed by atoms with Crippen LogP contribution >= 0.6 is 0 Å². The van der Waals surface area contributed by atoms with E-state index in [-0.39, 0.29) is 23.9 Å². The van der Waals surface area contributed by atoms with Crippen molar-refractivity contribution in [2.24, 2.45) is 0 Å². The Labute approximate surface area is 306 Å². The number of pyridine rings is 1. The minimum atomic E-state index is -1.25. The first-order valence-corrected chi connectivity index (χ1v) is 17.8. The number of carbonyl (C=O) groups is 3. The maximum absolute atomic E-state index is 13.7. The fraction of sp³-hybridized carbons (Fsp3) is 0.220. The van der Waals surface area contributed by atoms with Crippen molar-refractivity contribution in [3.05, 3.63) is 139 Å². The van der Waals surface area contributed by atoms with Crippen LogP contribution < -0.4 is 5.32 Å². The van der Waals surface area contributed by atoms with Gasteiger partial charge in [-0.1, -0.05) is 84.9 Å². The highest BCUT2D eigenvalue weighted by atomic mass is 16.4. The third kappa shape index (κ3) is 6.90. The monoisotopic (exact) mass is 706 g/mol. The average molecular weight is 707 g/mol. The second-order valence-electron chi connectivity index (χ2n) is 13.4. The summed E-state index contributed by atoms with van der Waals surface area (Å²) in [6, 6.07) is 29.4. The Morgan fingerprint density at radius 1 is 0.660 bits per heavy atom. The molecule has 8 rings (SSSR count). The lowest BCUT2D eigenvalue weighted by atomic mass is 10.0. The molecule has 0 unspecified atom stereocenters. The van der Waals surface area contributed by atoms with Gasteiger partial charge in [0.25, 0.3) is 11.8 Å². The van der Waals surface area contributed by atoms with Crippen LogP contribution in [0.3, 0.4) is 0 Å². The van der Waals surface area contributed by atoms with Gasteiger partial charge in [0.05, 0.1) is 35.9 Å². The fourth-order valence-corrected chi connectivity index (χ4v) is 7.46. The molecule has 53 heavy (non-hydrogen) atoms. The molecular weight excluding hydrogens is 669 g/mol. The van der Waals surface area contributed by atoms with Crippen LogP contribution in [0.4, 0.5) is 4.79 Å². The number of likely N-dealkylation sites (tertiary alicyclic amines) is 2. The van der Waals surface area contributed by atoms with E-state index in [4.69, 9.17) is 0 Å². The predicted octanol–water partition coefficient (Wildman–Crippen LogP) is 7.18. The molecule has 4 N–H and O–H groups in total. The second-order valence-corrected chi connectivity index (χ2v) is 13.4. The van der Waals surface area contributed by atoms with Crippen LogP contribution in [0.1, 0.15) is 71.5 Å². The van der Waals surface area contributed by atoms with Crippen LogP contribution in [0.5, 0.6) is 0 Å². The lowest BCUT2D eigenvalue weighted by molar-refractivity contribution is -0.134. The Kier molecular flexibility index (Phi) is 9.24. The van der Waals surface area contributed by atoms with Gasteiger partial charge in [-0.2, -0.15) is 0 Å². The van der Waals surface area contributed by atoms with Crippen molar-refractivity contribution in [1.82, 2.24) is 40.0 Å². The lowest BCUT2D eigenvalue weighted by Gasteiger charge is -2.28. The van der Waals surface area contributed by atoms with E-state index < -0.39 is 12.1 Å². The molecule has 3 atom stereocenters. The molecule has 0 saturated carbocycles. The van der Waals surface area contributed by atoms with Gasteiger partial charge in [-0.05, 0) is 65.6 Å². The molecule has 2 aliphatic rings. The van der Waals surface area contributed by atoms with E-state index >= 15 is 0 Å². The van der Waals surface area contributed by atoms with Crippen molar-refractivity contribution >= 4 is 17.9 Å². The maximum atomic E-state index is 13.7. The van der Waals surface area contributed by atoms with Gasteiger partial charge in [0.1, 0.15) is 23.4 Å². The minimum absolute atomic E-state index is 0.0775. The number of nitrogens with zero attached hydrogens (tertiary/aromatic N) is 5. The summed E-state index contributed by atoms with van der Waals surface area (Å²) in [5, 5.41) is 11.9. The first kappa shape index (κ1) is 33.6. The SMILES string of the molecule is O=C(O)N[C@@H](C(=O)N1CCC[C@H]1c1ncc(-c2ccc(-c3ccc(-c4cnc([C@@H]5CCCN5C(=O)c5ccccn5)[nH]4)cc3)cc2)[nH]1)c1ccccc1. The topological polar surface area (TPSA) is 160 Å². The van der Waals surface area contributed by atoms with E-state index in [2.05, 4.69) is 66.6 Å². The standard InChI is InChI=1S/C41H38N8O4/c50-39(31-10-4-5-21-42-31)48-22-6-11-34(48)37-43-24-32(45-37)28-17-13-26(14-18-28)27-15-19-29(20-16-27)33-25-44-38(46-33)35-12-7-23-49(35)40(51)36(47-41(52)53)30-8-2-1-3-9-30/h1-5,8-10,13-21,24-25,34-36,47H,6-7,11-12,22-23H2,(H,43,45)(H,44,46)(H,52,53)/t34-,35-,36+/m0/s1. The normalized spacial score (nSPS) is 17.5. The highest BCUT2D eigenvalue weighted by Crippen LogP contribution is 2.35. The molecule has 266 valence electrons. The first-order chi connectivity index (χ1) is 25.9. The third-order valence-electron chi connectivity index (χ3n) is 10.1. The predicted molar refractivity (Wildman–Crippen MR) is 198 cm³/mol. The Balaban J connectivity index is 0.934. The van der Waals surface area contributed by atoms with Gasteiger partial charge >= 0.3 is 6.09 Å². The molecular formula is C41H38N8O4. The molecule has 0 bridgehead atoms. The number of carbonyl (C=O) groups excluding carboxylic acids is 2. The molecule has 12 nitrogen and oxygen atoms in total. The number of aromatic nitrogens is 5. The van der Waals surface area contributed by atoms with Crippen LogP contribution in [0.15, 0.2) is 116 Å². The number of carboxylic acid groups (broad SMARTS) is 1. The largest absolute Gasteiger partial charge is 0.465 e. The summed E-state index contributed by atoms with van der Waals surface area (Å²) in [7, 11) is 0. The Hall–Kier alpha value is -6.56. The number of hydrogen-bond acceptors (Lipinski definition) is 6. The van der Waals surface area contributed by atoms with Crippen LogP contribution in [0.2, 0.25) is 0 Å². The Morgan fingerprint density at radius 3 is 1.74 bits per heavy atom. The first-order valence-electron chi connectivity index (χ1n) is 17.8. The molecule has 3 amide bonds. The molecule has 12 heteroatoms. The van der Waals surface area contributed by atoms with Crippen LogP contribution in [0, 0.1) is 0 Å². The number of H-pyrrole nitrogens is 2. The Morgan fingerprint density at radius 2 is 1.19 bits per heavy atom. The average Bonchev–Trinajstić information content (AvgIpc) is 4.04. The third-order valence-corrected chi connectivity index (χ3v) is 10.1. The van der Waals surface area contributed by atoms with E-state index in [1.807, 2.05) is 35.4 Å².